The molecule has 64 valence electrons. The lowest BCUT2D eigenvalue weighted by Crippen LogP contribution is -2.24. The second kappa shape index (κ2) is 3.26. The second-order valence-corrected chi connectivity index (χ2v) is 3.67. The minimum atomic E-state index is 0.300. The van der Waals surface area contributed by atoms with Crippen molar-refractivity contribution in [2.45, 2.75) is 25.7 Å². The van der Waals surface area contributed by atoms with Crippen molar-refractivity contribution in [2.75, 3.05) is 0 Å². The van der Waals surface area contributed by atoms with Gasteiger partial charge in [-0.05, 0) is 12.8 Å². The Labute approximate surface area is 73.2 Å². The third-order valence-electron chi connectivity index (χ3n) is 2.84. The predicted octanol–water partition coefficient (Wildman–Crippen LogP) is 2.49. The van der Waals surface area contributed by atoms with Gasteiger partial charge in [0.1, 0.15) is 5.78 Å². The van der Waals surface area contributed by atoms with Crippen molar-refractivity contribution in [3.05, 3.63) is 24.3 Å². The fourth-order valence-electron chi connectivity index (χ4n) is 2.13. The first-order valence-corrected chi connectivity index (χ1v) is 4.75. The number of Topliss-reactive ketones (excluding diaryl/α,β-unsaturated/α-hetero) is 1. The van der Waals surface area contributed by atoms with Crippen LogP contribution >= 0.6 is 0 Å². The van der Waals surface area contributed by atoms with Gasteiger partial charge >= 0.3 is 0 Å². The molecule has 0 heterocycles. The number of rotatable bonds is 1. The molecule has 1 unspecified atom stereocenters. The van der Waals surface area contributed by atoms with Crippen molar-refractivity contribution >= 4 is 5.78 Å². The van der Waals surface area contributed by atoms with Crippen LogP contribution in [0.3, 0.4) is 0 Å². The molecule has 0 aliphatic heterocycles. The van der Waals surface area contributed by atoms with Crippen LogP contribution in [-0.4, -0.2) is 5.78 Å². The molecule has 0 bridgehead atoms. The maximum atomic E-state index is 11.5. The maximum absolute atomic E-state index is 11.5. The fourth-order valence-corrected chi connectivity index (χ4v) is 2.13. The zero-order valence-electron chi connectivity index (χ0n) is 7.20. The summed E-state index contributed by atoms with van der Waals surface area (Å²) in [7, 11) is 0. The molecule has 0 saturated heterocycles. The van der Waals surface area contributed by atoms with Gasteiger partial charge in [0, 0.05) is 18.3 Å². The van der Waals surface area contributed by atoms with Crippen molar-refractivity contribution < 1.29 is 4.79 Å². The standard InChI is InChI=1S/C11H14O/c12-11-8-4-3-7-10(11)9-5-1-2-6-9/h1-2,5-6,9-10H,3-4,7-8H2. The molecule has 0 radical (unpaired) electrons. The lowest BCUT2D eigenvalue weighted by molar-refractivity contribution is -0.125. The Bertz CT molecular complexity index is 225. The predicted molar refractivity (Wildman–Crippen MR) is 48.7 cm³/mol. The van der Waals surface area contributed by atoms with Gasteiger partial charge in [-0.3, -0.25) is 4.79 Å². The molecule has 2 aliphatic carbocycles. The van der Waals surface area contributed by atoms with E-state index in [0.29, 0.717) is 17.6 Å². The minimum Gasteiger partial charge on any atom is -0.299 e. The quantitative estimate of drug-likeness (QED) is 0.579. The molecule has 1 nitrogen and oxygen atoms in total. The number of ketones is 1. The Morgan fingerprint density at radius 1 is 1.17 bits per heavy atom. The van der Waals surface area contributed by atoms with Gasteiger partial charge in [-0.15, -0.1) is 0 Å². The Hall–Kier alpha value is -0.850. The van der Waals surface area contributed by atoms with E-state index in [1.54, 1.807) is 0 Å². The Balaban J connectivity index is 2.05. The second-order valence-electron chi connectivity index (χ2n) is 3.67. The van der Waals surface area contributed by atoms with E-state index in [-0.39, 0.29) is 0 Å². The van der Waals surface area contributed by atoms with E-state index in [0.717, 1.165) is 19.3 Å². The molecule has 0 amide bonds. The van der Waals surface area contributed by atoms with Crippen LogP contribution in [0.4, 0.5) is 0 Å². The average molecular weight is 162 g/mol. The van der Waals surface area contributed by atoms with Crippen LogP contribution in [0, 0.1) is 11.8 Å². The zero-order valence-corrected chi connectivity index (χ0v) is 7.20. The molecule has 2 rings (SSSR count). The third kappa shape index (κ3) is 1.36. The average Bonchev–Trinajstić information content (AvgIpc) is 2.57. The van der Waals surface area contributed by atoms with Gasteiger partial charge in [-0.1, -0.05) is 30.7 Å². The summed E-state index contributed by atoms with van der Waals surface area (Å²) in [6.07, 6.45) is 12.6. The first-order valence-electron chi connectivity index (χ1n) is 4.75. The van der Waals surface area contributed by atoms with Gasteiger partial charge in [-0.2, -0.15) is 0 Å². The molecule has 1 fully saturated rings. The topological polar surface area (TPSA) is 17.1 Å². The summed E-state index contributed by atoms with van der Waals surface area (Å²) in [4.78, 5) is 11.5. The van der Waals surface area contributed by atoms with Gasteiger partial charge in [0.05, 0.1) is 0 Å². The molecular formula is C11H14O. The van der Waals surface area contributed by atoms with Crippen LogP contribution in [0.15, 0.2) is 24.3 Å². The van der Waals surface area contributed by atoms with E-state index in [1.807, 2.05) is 12.2 Å². The first kappa shape index (κ1) is 7.78. The summed E-state index contributed by atoms with van der Waals surface area (Å²) in [6.45, 7) is 0. The van der Waals surface area contributed by atoms with Crippen LogP contribution in [-0.2, 0) is 4.79 Å². The molecular weight excluding hydrogens is 148 g/mol. The van der Waals surface area contributed by atoms with Crippen molar-refractivity contribution in [3.8, 4) is 0 Å². The van der Waals surface area contributed by atoms with E-state index in [1.165, 1.54) is 6.42 Å². The molecule has 0 N–H and O–H groups in total. The molecule has 2 aliphatic rings. The summed E-state index contributed by atoms with van der Waals surface area (Å²) in [5, 5.41) is 0. The summed E-state index contributed by atoms with van der Waals surface area (Å²) >= 11 is 0. The highest BCUT2D eigenvalue weighted by molar-refractivity contribution is 5.82. The molecule has 0 aromatic carbocycles. The molecule has 0 spiro atoms. The summed E-state index contributed by atoms with van der Waals surface area (Å²) in [5.74, 6) is 1.19. The normalized spacial score (nSPS) is 30.0. The van der Waals surface area contributed by atoms with Gasteiger partial charge < -0.3 is 0 Å². The SMILES string of the molecule is O=C1CCCCC1C1C=CC=C1. The van der Waals surface area contributed by atoms with Gasteiger partial charge in [0.15, 0.2) is 0 Å². The third-order valence-corrected chi connectivity index (χ3v) is 2.84. The number of carbonyl (C=O) groups is 1. The van der Waals surface area contributed by atoms with Crippen LogP contribution < -0.4 is 0 Å². The summed E-state index contributed by atoms with van der Waals surface area (Å²) in [5.41, 5.74) is 0. The van der Waals surface area contributed by atoms with Crippen LogP contribution in [0.2, 0.25) is 0 Å². The van der Waals surface area contributed by atoms with Crippen molar-refractivity contribution in [1.82, 2.24) is 0 Å². The zero-order chi connectivity index (χ0) is 8.39. The highest BCUT2D eigenvalue weighted by Gasteiger charge is 2.27. The highest BCUT2D eigenvalue weighted by atomic mass is 16.1. The molecule has 1 atom stereocenters. The number of allylic oxidation sites excluding steroid dienone is 4. The number of hydrogen-bond donors (Lipinski definition) is 0. The molecule has 1 heteroatoms. The smallest absolute Gasteiger partial charge is 0.136 e. The molecule has 1 saturated carbocycles. The van der Waals surface area contributed by atoms with Crippen molar-refractivity contribution in [1.29, 1.82) is 0 Å². The lowest BCUT2D eigenvalue weighted by atomic mass is 9.80. The summed E-state index contributed by atoms with van der Waals surface area (Å²) in [6, 6.07) is 0. The number of carbonyl (C=O) groups excluding carboxylic acids is 1. The van der Waals surface area contributed by atoms with Crippen LogP contribution in [0.25, 0.3) is 0 Å². The monoisotopic (exact) mass is 162 g/mol. The van der Waals surface area contributed by atoms with Gasteiger partial charge in [-0.25, -0.2) is 0 Å². The molecule has 12 heavy (non-hydrogen) atoms. The largest absolute Gasteiger partial charge is 0.299 e. The number of hydrogen-bond acceptors (Lipinski definition) is 1. The van der Waals surface area contributed by atoms with E-state index in [4.69, 9.17) is 0 Å². The maximum Gasteiger partial charge on any atom is 0.136 e. The van der Waals surface area contributed by atoms with Crippen molar-refractivity contribution in [3.63, 3.8) is 0 Å². The van der Waals surface area contributed by atoms with Crippen LogP contribution in [0.1, 0.15) is 25.7 Å². The van der Waals surface area contributed by atoms with E-state index < -0.39 is 0 Å². The van der Waals surface area contributed by atoms with Gasteiger partial charge in [0.25, 0.3) is 0 Å². The van der Waals surface area contributed by atoms with Crippen molar-refractivity contribution in [2.24, 2.45) is 11.8 Å². The van der Waals surface area contributed by atoms with E-state index in [2.05, 4.69) is 12.2 Å². The lowest BCUT2D eigenvalue weighted by Gasteiger charge is -2.23. The first-order chi connectivity index (χ1) is 5.88. The molecule has 0 aromatic rings. The minimum absolute atomic E-state index is 0.300. The highest BCUT2D eigenvalue weighted by Crippen LogP contribution is 2.30. The van der Waals surface area contributed by atoms with Gasteiger partial charge in [0.2, 0.25) is 0 Å². The van der Waals surface area contributed by atoms with E-state index in [9.17, 15) is 4.79 Å². The van der Waals surface area contributed by atoms with Crippen LogP contribution in [0.5, 0.6) is 0 Å². The Morgan fingerprint density at radius 3 is 2.58 bits per heavy atom. The van der Waals surface area contributed by atoms with E-state index >= 15 is 0 Å². The Morgan fingerprint density at radius 2 is 1.92 bits per heavy atom. The fraction of sp³-hybridized carbons (Fsp3) is 0.545. The Kier molecular flexibility index (Phi) is 2.11. The molecule has 0 aromatic heterocycles. The summed E-state index contributed by atoms with van der Waals surface area (Å²) < 4.78 is 0.